The summed E-state index contributed by atoms with van der Waals surface area (Å²) >= 11 is 3.44. The number of thiophene rings is 1. The lowest BCUT2D eigenvalue weighted by Gasteiger charge is -2.36. The first-order chi connectivity index (χ1) is 11.4. The Bertz CT molecular complexity index is 667. The molecule has 0 bridgehead atoms. The summed E-state index contributed by atoms with van der Waals surface area (Å²) in [5.41, 5.74) is 0.890. The molecule has 1 fully saturated rings. The molecule has 1 aliphatic rings. The molecule has 0 spiro atoms. The van der Waals surface area contributed by atoms with Gasteiger partial charge in [0.2, 0.25) is 0 Å². The maximum atomic E-state index is 12.2. The Morgan fingerprint density at radius 1 is 1.25 bits per heavy atom. The number of hydrogen-bond acceptors (Lipinski definition) is 5. The van der Waals surface area contributed by atoms with E-state index >= 15 is 0 Å². The van der Waals surface area contributed by atoms with Crippen molar-refractivity contribution in [2.75, 3.05) is 26.2 Å². The molecule has 2 aromatic heterocycles. The predicted octanol–water partition coefficient (Wildman–Crippen LogP) is 3.50. The van der Waals surface area contributed by atoms with E-state index in [1.807, 2.05) is 25.7 Å². The Kier molecular flexibility index (Phi) is 5.22. The van der Waals surface area contributed by atoms with E-state index in [1.165, 1.54) is 4.88 Å². The maximum Gasteiger partial charge on any atom is 0.317 e. The van der Waals surface area contributed by atoms with E-state index in [4.69, 9.17) is 4.98 Å². The minimum absolute atomic E-state index is 0.0383. The Labute approximate surface area is 151 Å². The van der Waals surface area contributed by atoms with Crippen LogP contribution in [0.25, 0.3) is 10.6 Å². The lowest BCUT2D eigenvalue weighted by atomic mass is 10.1. The minimum atomic E-state index is -0.187. The van der Waals surface area contributed by atoms with Crippen molar-refractivity contribution >= 4 is 28.7 Å². The number of urea groups is 1. The molecule has 0 aliphatic carbocycles. The molecule has 0 radical (unpaired) electrons. The first-order valence-corrected chi connectivity index (χ1v) is 9.94. The minimum Gasteiger partial charge on any atom is -0.333 e. The van der Waals surface area contributed by atoms with Crippen LogP contribution in [0.15, 0.2) is 22.9 Å². The van der Waals surface area contributed by atoms with Crippen LogP contribution in [-0.4, -0.2) is 52.5 Å². The Hall–Kier alpha value is -1.44. The van der Waals surface area contributed by atoms with Crippen LogP contribution in [0.5, 0.6) is 0 Å². The van der Waals surface area contributed by atoms with Crippen molar-refractivity contribution < 1.29 is 4.79 Å². The molecule has 2 amide bonds. The van der Waals surface area contributed by atoms with Gasteiger partial charge in [0, 0.05) is 37.1 Å². The number of rotatable bonds is 3. The van der Waals surface area contributed by atoms with Crippen LogP contribution in [0.3, 0.4) is 0 Å². The standard InChI is InChI=1S/C17H24N4OS2/c1-17(2,3)19-16(22)21-8-6-20(7-9-21)11-15-18-13(12-24-15)14-5-4-10-23-14/h4-5,10,12H,6-9,11H2,1-3H3,(H,19,22). The monoisotopic (exact) mass is 364 g/mol. The topological polar surface area (TPSA) is 48.5 Å². The molecule has 0 unspecified atom stereocenters. The average Bonchev–Trinajstić information content (AvgIpc) is 3.16. The van der Waals surface area contributed by atoms with Gasteiger partial charge in [-0.2, -0.15) is 0 Å². The van der Waals surface area contributed by atoms with Crippen LogP contribution < -0.4 is 5.32 Å². The van der Waals surface area contributed by atoms with Gasteiger partial charge in [-0.25, -0.2) is 9.78 Å². The second kappa shape index (κ2) is 7.21. The van der Waals surface area contributed by atoms with E-state index in [0.29, 0.717) is 0 Å². The van der Waals surface area contributed by atoms with Crippen molar-refractivity contribution in [3.05, 3.63) is 27.9 Å². The number of hydrogen-bond donors (Lipinski definition) is 1. The van der Waals surface area contributed by atoms with Crippen molar-refractivity contribution in [1.29, 1.82) is 0 Å². The van der Waals surface area contributed by atoms with Gasteiger partial charge >= 0.3 is 6.03 Å². The number of nitrogens with one attached hydrogen (secondary N) is 1. The van der Waals surface area contributed by atoms with E-state index in [2.05, 4.69) is 33.1 Å². The second-order valence-electron chi connectivity index (χ2n) is 7.05. The molecule has 130 valence electrons. The van der Waals surface area contributed by atoms with Crippen molar-refractivity contribution in [3.63, 3.8) is 0 Å². The summed E-state index contributed by atoms with van der Waals surface area (Å²) < 4.78 is 0. The SMILES string of the molecule is CC(C)(C)NC(=O)N1CCN(Cc2nc(-c3cccs3)cs2)CC1. The Balaban J connectivity index is 1.50. The third-order valence-electron chi connectivity index (χ3n) is 3.83. The number of piperazine rings is 1. The van der Waals surface area contributed by atoms with Gasteiger partial charge in [0.05, 0.1) is 17.1 Å². The summed E-state index contributed by atoms with van der Waals surface area (Å²) in [4.78, 5) is 22.4. The maximum absolute atomic E-state index is 12.2. The first-order valence-electron chi connectivity index (χ1n) is 8.18. The summed E-state index contributed by atoms with van der Waals surface area (Å²) in [6.45, 7) is 10.2. The number of aromatic nitrogens is 1. The fraction of sp³-hybridized carbons (Fsp3) is 0.529. The predicted molar refractivity (Wildman–Crippen MR) is 101 cm³/mol. The zero-order valence-corrected chi connectivity index (χ0v) is 16.0. The Morgan fingerprint density at radius 3 is 2.62 bits per heavy atom. The molecular formula is C17H24N4OS2. The van der Waals surface area contributed by atoms with E-state index in [9.17, 15) is 4.79 Å². The number of thiazole rings is 1. The average molecular weight is 365 g/mol. The third-order valence-corrected chi connectivity index (χ3v) is 5.55. The smallest absolute Gasteiger partial charge is 0.317 e. The van der Waals surface area contributed by atoms with Crippen LogP contribution in [-0.2, 0) is 6.54 Å². The summed E-state index contributed by atoms with van der Waals surface area (Å²) in [6.07, 6.45) is 0. The molecule has 3 rings (SSSR count). The Morgan fingerprint density at radius 2 is 2.00 bits per heavy atom. The van der Waals surface area contributed by atoms with Gasteiger partial charge in [0.1, 0.15) is 5.01 Å². The summed E-state index contributed by atoms with van der Waals surface area (Å²) in [5.74, 6) is 0. The summed E-state index contributed by atoms with van der Waals surface area (Å²) in [7, 11) is 0. The zero-order chi connectivity index (χ0) is 17.2. The quantitative estimate of drug-likeness (QED) is 0.907. The van der Waals surface area contributed by atoms with Gasteiger partial charge in [0.15, 0.2) is 0 Å². The molecule has 0 aromatic carbocycles. The van der Waals surface area contributed by atoms with Gasteiger partial charge in [-0.15, -0.1) is 22.7 Å². The molecule has 0 atom stereocenters. The van der Waals surface area contributed by atoms with Gasteiger partial charge in [0.25, 0.3) is 0 Å². The molecular weight excluding hydrogens is 340 g/mol. The summed E-state index contributed by atoms with van der Waals surface area (Å²) in [5, 5.41) is 8.39. The fourth-order valence-electron chi connectivity index (χ4n) is 2.62. The van der Waals surface area contributed by atoms with Gasteiger partial charge in [-0.1, -0.05) is 6.07 Å². The van der Waals surface area contributed by atoms with Crippen LogP contribution in [0.4, 0.5) is 4.79 Å². The fourth-order valence-corrected chi connectivity index (χ4v) is 4.22. The van der Waals surface area contributed by atoms with Crippen molar-refractivity contribution in [1.82, 2.24) is 20.1 Å². The molecule has 1 N–H and O–H groups in total. The number of nitrogens with zero attached hydrogens (tertiary/aromatic N) is 3. The lowest BCUT2D eigenvalue weighted by molar-refractivity contribution is 0.131. The second-order valence-corrected chi connectivity index (χ2v) is 8.94. The van der Waals surface area contributed by atoms with Gasteiger partial charge in [-0.05, 0) is 32.2 Å². The van der Waals surface area contributed by atoms with E-state index < -0.39 is 0 Å². The summed E-state index contributed by atoms with van der Waals surface area (Å²) in [6, 6.07) is 4.20. The van der Waals surface area contributed by atoms with Crippen LogP contribution in [0.1, 0.15) is 25.8 Å². The highest BCUT2D eigenvalue weighted by Gasteiger charge is 2.24. The molecule has 1 aliphatic heterocycles. The van der Waals surface area contributed by atoms with E-state index in [0.717, 1.165) is 43.4 Å². The molecule has 1 saturated heterocycles. The largest absolute Gasteiger partial charge is 0.333 e. The molecule has 7 heteroatoms. The molecule has 2 aromatic rings. The highest BCUT2D eigenvalue weighted by atomic mass is 32.1. The highest BCUT2D eigenvalue weighted by molar-refractivity contribution is 7.14. The number of carbonyl (C=O) groups excluding carboxylic acids is 1. The highest BCUT2D eigenvalue weighted by Crippen LogP contribution is 2.26. The zero-order valence-electron chi connectivity index (χ0n) is 14.4. The van der Waals surface area contributed by atoms with Crippen molar-refractivity contribution in [3.8, 4) is 10.6 Å². The molecule has 3 heterocycles. The first kappa shape index (κ1) is 17.4. The lowest BCUT2D eigenvalue weighted by Crippen LogP contribution is -2.54. The molecule has 5 nitrogen and oxygen atoms in total. The molecule has 0 saturated carbocycles. The van der Waals surface area contributed by atoms with E-state index in [1.54, 1.807) is 22.7 Å². The number of carbonyl (C=O) groups is 1. The van der Waals surface area contributed by atoms with Gasteiger partial charge in [-0.3, -0.25) is 4.90 Å². The molecule has 24 heavy (non-hydrogen) atoms. The van der Waals surface area contributed by atoms with Crippen molar-refractivity contribution in [2.24, 2.45) is 0 Å². The van der Waals surface area contributed by atoms with E-state index in [-0.39, 0.29) is 11.6 Å². The van der Waals surface area contributed by atoms with Crippen LogP contribution in [0, 0.1) is 0 Å². The third kappa shape index (κ3) is 4.55. The van der Waals surface area contributed by atoms with Gasteiger partial charge < -0.3 is 10.2 Å². The van der Waals surface area contributed by atoms with Crippen LogP contribution >= 0.6 is 22.7 Å². The number of amides is 2. The van der Waals surface area contributed by atoms with Crippen molar-refractivity contribution in [2.45, 2.75) is 32.9 Å². The van der Waals surface area contributed by atoms with Crippen LogP contribution in [0.2, 0.25) is 0 Å². The normalized spacial score (nSPS) is 16.4.